The van der Waals surface area contributed by atoms with Crippen molar-refractivity contribution in [3.05, 3.63) is 139 Å². The number of aromatic hydroxyl groups is 3. The molecule has 5 N–H and O–H groups in total. The Kier molecular flexibility index (Phi) is 9.63. The lowest BCUT2D eigenvalue weighted by Gasteiger charge is -2.31. The minimum Gasteiger partial charge on any atom is -0.507 e. The number of ketones is 4. The molecule has 0 amide bonds. The Morgan fingerprint density at radius 3 is 1.61 bits per heavy atom. The molecule has 0 saturated carbocycles. The van der Waals surface area contributed by atoms with E-state index in [1.165, 1.54) is 12.1 Å². The van der Waals surface area contributed by atoms with Gasteiger partial charge in [-0.2, -0.15) is 0 Å². The standard InChI is InChI=1S/2C22H18O6/c1-4-10-7-16-11(5-6-22(2,3)28-16)18-17(10)19(24)12-8-14(21(26)27)15(23)9-13(12)20(18)25;1-4-11-7-16(23)12(6-5-10(2)3)19-18(11)20(25)13-8-15(22(27)28)17(24)9-14(13)21(19)26/h5-9,23H,4H2,1-3H3,(H,26,27);5-9,23-24H,2,4H2,1,3H3,(H,27,28)/b;6-5+. The Morgan fingerprint density at radius 1 is 0.679 bits per heavy atom. The zero-order valence-corrected chi connectivity index (χ0v) is 31.0. The van der Waals surface area contributed by atoms with Crippen molar-refractivity contribution < 1.29 is 59.0 Å². The number of carboxylic acids is 2. The van der Waals surface area contributed by atoms with E-state index in [0.29, 0.717) is 40.9 Å². The Bertz CT molecular complexity index is 2580. The summed E-state index contributed by atoms with van der Waals surface area (Å²) in [5.74, 6) is -5.50. The number of carboxylic acid groups (broad SMARTS) is 2. The molecule has 0 unspecified atom stereocenters. The molecule has 7 rings (SSSR count). The Hall–Kier alpha value is -7.08. The molecule has 3 aliphatic rings. The van der Waals surface area contributed by atoms with Gasteiger partial charge in [-0.1, -0.05) is 44.2 Å². The molecule has 0 bridgehead atoms. The van der Waals surface area contributed by atoms with Gasteiger partial charge in [0.1, 0.15) is 39.7 Å². The number of allylic oxidation sites excluding steroid dienone is 2. The summed E-state index contributed by atoms with van der Waals surface area (Å²) in [6, 6.07) is 7.35. The second-order valence-corrected chi connectivity index (χ2v) is 14.1. The zero-order chi connectivity index (χ0) is 41.1. The molecule has 1 aliphatic heterocycles. The van der Waals surface area contributed by atoms with Crippen molar-refractivity contribution >= 4 is 47.2 Å². The first-order valence-electron chi connectivity index (χ1n) is 17.5. The highest BCUT2D eigenvalue weighted by molar-refractivity contribution is 6.32. The Balaban J connectivity index is 0.000000190. The fourth-order valence-corrected chi connectivity index (χ4v) is 7.07. The lowest BCUT2D eigenvalue weighted by Crippen LogP contribution is -2.30. The first kappa shape index (κ1) is 38.6. The van der Waals surface area contributed by atoms with Gasteiger partial charge in [-0.3, -0.25) is 19.2 Å². The van der Waals surface area contributed by atoms with Crippen molar-refractivity contribution in [3.63, 3.8) is 0 Å². The Morgan fingerprint density at radius 2 is 1.12 bits per heavy atom. The van der Waals surface area contributed by atoms with Gasteiger partial charge in [0.05, 0.1) is 0 Å². The highest BCUT2D eigenvalue weighted by atomic mass is 16.5. The van der Waals surface area contributed by atoms with Crippen molar-refractivity contribution in [2.24, 2.45) is 0 Å². The lowest BCUT2D eigenvalue weighted by molar-refractivity contribution is 0.0682. The van der Waals surface area contributed by atoms with Gasteiger partial charge in [0.15, 0.2) is 23.1 Å². The fourth-order valence-electron chi connectivity index (χ4n) is 7.07. The molecule has 0 aromatic heterocycles. The van der Waals surface area contributed by atoms with Gasteiger partial charge in [-0.15, -0.1) is 0 Å². The molecule has 56 heavy (non-hydrogen) atoms. The van der Waals surface area contributed by atoms with Gasteiger partial charge >= 0.3 is 11.9 Å². The molecule has 0 saturated heterocycles. The summed E-state index contributed by atoms with van der Waals surface area (Å²) in [6.07, 6.45) is 7.61. The number of phenolic OH excluding ortho intramolecular Hbond substituents is 1. The highest BCUT2D eigenvalue weighted by Crippen LogP contribution is 2.43. The maximum absolute atomic E-state index is 13.3. The van der Waals surface area contributed by atoms with Crippen LogP contribution in [0.1, 0.15) is 141 Å². The lowest BCUT2D eigenvalue weighted by atomic mass is 9.77. The van der Waals surface area contributed by atoms with Crippen LogP contribution in [0.3, 0.4) is 0 Å². The minimum absolute atomic E-state index is 0.00585. The molecule has 284 valence electrons. The topological polar surface area (TPSA) is 213 Å². The van der Waals surface area contributed by atoms with Gasteiger partial charge in [0.2, 0.25) is 0 Å². The molecule has 0 atom stereocenters. The molecule has 4 aromatic rings. The Labute approximate surface area is 320 Å². The van der Waals surface area contributed by atoms with Crippen LogP contribution in [0.15, 0.2) is 60.7 Å². The first-order valence-corrected chi connectivity index (χ1v) is 17.5. The third-order valence-corrected chi connectivity index (χ3v) is 9.78. The summed E-state index contributed by atoms with van der Waals surface area (Å²) in [5, 5.41) is 48.9. The number of aromatic carboxylic acids is 2. The van der Waals surface area contributed by atoms with Crippen LogP contribution in [0.2, 0.25) is 0 Å². The van der Waals surface area contributed by atoms with E-state index in [1.54, 1.807) is 32.1 Å². The number of ether oxygens (including phenoxy) is 1. The summed E-state index contributed by atoms with van der Waals surface area (Å²) >= 11 is 0. The van der Waals surface area contributed by atoms with Crippen LogP contribution in [0.5, 0.6) is 23.0 Å². The quantitative estimate of drug-likeness (QED) is 0.106. The smallest absolute Gasteiger partial charge is 0.339 e. The zero-order valence-electron chi connectivity index (χ0n) is 31.0. The van der Waals surface area contributed by atoms with E-state index in [0.717, 1.165) is 24.3 Å². The summed E-state index contributed by atoms with van der Waals surface area (Å²) in [5.41, 5.74) is 1.61. The molecule has 0 radical (unpaired) electrons. The van der Waals surface area contributed by atoms with Crippen LogP contribution < -0.4 is 4.74 Å². The molecular weight excluding hydrogens is 720 g/mol. The van der Waals surface area contributed by atoms with E-state index in [9.17, 15) is 54.3 Å². The number of rotatable bonds is 6. The van der Waals surface area contributed by atoms with Gasteiger partial charge < -0.3 is 30.3 Å². The second-order valence-electron chi connectivity index (χ2n) is 14.1. The molecule has 0 spiro atoms. The summed E-state index contributed by atoms with van der Waals surface area (Å²) in [7, 11) is 0. The third-order valence-electron chi connectivity index (χ3n) is 9.78. The van der Waals surface area contributed by atoms with Crippen LogP contribution in [0, 0.1) is 0 Å². The average molecular weight is 757 g/mol. The van der Waals surface area contributed by atoms with Crippen LogP contribution in [-0.4, -0.2) is 66.2 Å². The predicted octanol–water partition coefficient (Wildman–Crippen LogP) is 7.34. The van der Waals surface area contributed by atoms with Crippen molar-refractivity contribution in [1.29, 1.82) is 0 Å². The van der Waals surface area contributed by atoms with Gasteiger partial charge in [-0.05, 0) is 87.2 Å². The number of carbonyl (C=O) groups is 6. The van der Waals surface area contributed by atoms with Gasteiger partial charge in [-0.25, -0.2) is 9.59 Å². The largest absolute Gasteiger partial charge is 0.507 e. The van der Waals surface area contributed by atoms with Crippen molar-refractivity contribution in [3.8, 4) is 23.0 Å². The van der Waals surface area contributed by atoms with Crippen LogP contribution in [-0.2, 0) is 12.8 Å². The minimum atomic E-state index is -1.40. The average Bonchev–Trinajstić information content (AvgIpc) is 3.13. The monoisotopic (exact) mass is 756 g/mol. The molecule has 12 nitrogen and oxygen atoms in total. The first-order chi connectivity index (χ1) is 26.3. The van der Waals surface area contributed by atoms with E-state index in [1.807, 2.05) is 26.8 Å². The van der Waals surface area contributed by atoms with E-state index in [2.05, 4.69) is 6.58 Å². The molecule has 1 heterocycles. The maximum Gasteiger partial charge on any atom is 0.339 e. The second kappa shape index (κ2) is 14.0. The van der Waals surface area contributed by atoms with Crippen LogP contribution >= 0.6 is 0 Å². The predicted molar refractivity (Wildman–Crippen MR) is 205 cm³/mol. The molecule has 0 fully saturated rings. The third kappa shape index (κ3) is 6.34. The molecule has 2 aliphatic carbocycles. The number of hydrogen-bond donors (Lipinski definition) is 5. The van der Waals surface area contributed by atoms with E-state index in [4.69, 9.17) is 4.74 Å². The van der Waals surface area contributed by atoms with Gasteiger partial charge in [0.25, 0.3) is 0 Å². The highest BCUT2D eigenvalue weighted by Gasteiger charge is 2.39. The van der Waals surface area contributed by atoms with Crippen molar-refractivity contribution in [1.82, 2.24) is 0 Å². The normalized spacial score (nSPS) is 14.4. The number of phenols is 3. The van der Waals surface area contributed by atoms with Crippen molar-refractivity contribution in [2.75, 3.05) is 0 Å². The molecule has 4 aromatic carbocycles. The van der Waals surface area contributed by atoms with E-state index < -0.39 is 63.3 Å². The van der Waals surface area contributed by atoms with Crippen LogP contribution in [0.25, 0.3) is 12.2 Å². The van der Waals surface area contributed by atoms with E-state index in [-0.39, 0.29) is 55.8 Å². The van der Waals surface area contributed by atoms with E-state index >= 15 is 0 Å². The number of benzene rings is 4. The number of aryl methyl sites for hydroxylation is 2. The SMILES string of the molecule is C=C(C)/C=C/c1c(O)cc(CC)c2c1C(=O)c1cc(O)c(C(=O)O)cc1C2=O.CCc1cc2c(c3c1C(=O)c1cc(C(=O)O)c(O)cc1C3=O)C=CC(C)(C)O2. The van der Waals surface area contributed by atoms with Gasteiger partial charge in [0, 0.05) is 55.6 Å². The van der Waals surface area contributed by atoms with Crippen molar-refractivity contribution in [2.45, 2.75) is 53.1 Å². The molecular formula is C44H36O12. The van der Waals surface area contributed by atoms with Crippen LogP contribution in [0.4, 0.5) is 0 Å². The summed E-state index contributed by atoms with van der Waals surface area (Å²) in [6.45, 7) is 12.9. The fraction of sp³-hybridized carbons (Fsp3) is 0.182. The number of fused-ring (bicyclic) bond motifs is 6. The molecule has 12 heteroatoms. The summed E-state index contributed by atoms with van der Waals surface area (Å²) < 4.78 is 6.00. The summed E-state index contributed by atoms with van der Waals surface area (Å²) in [4.78, 5) is 75.5. The number of carbonyl (C=O) groups excluding carboxylic acids is 4. The maximum atomic E-state index is 13.3. The number of hydrogen-bond acceptors (Lipinski definition) is 10.